The summed E-state index contributed by atoms with van der Waals surface area (Å²) in [5, 5.41) is 18.5. The maximum atomic E-state index is 9.54. The molecule has 0 unspecified atom stereocenters. The molecule has 1 aliphatic rings. The van der Waals surface area contributed by atoms with Gasteiger partial charge in [-0.1, -0.05) is 18.2 Å². The Morgan fingerprint density at radius 2 is 1.93 bits per heavy atom. The molecule has 2 heterocycles. The minimum atomic E-state index is 0.0187. The van der Waals surface area contributed by atoms with Crippen LogP contribution in [0.1, 0.15) is 23.4 Å². The number of rotatable bonds is 9. The van der Waals surface area contributed by atoms with E-state index in [9.17, 15) is 5.11 Å². The van der Waals surface area contributed by atoms with E-state index in [0.29, 0.717) is 12.6 Å². The summed E-state index contributed by atoms with van der Waals surface area (Å²) in [7, 11) is 0. The molecule has 1 saturated heterocycles. The van der Waals surface area contributed by atoms with Crippen LogP contribution in [0, 0.1) is 6.92 Å². The van der Waals surface area contributed by atoms with E-state index >= 15 is 0 Å². The minimum absolute atomic E-state index is 0.0187. The highest BCUT2D eigenvalue weighted by atomic mass is 16.5. The van der Waals surface area contributed by atoms with Crippen molar-refractivity contribution in [1.29, 1.82) is 0 Å². The lowest BCUT2D eigenvalue weighted by Crippen LogP contribution is -2.52. The van der Waals surface area contributed by atoms with Crippen LogP contribution in [0.4, 0.5) is 0 Å². The number of hydrogen-bond donors (Lipinski definition) is 2. The van der Waals surface area contributed by atoms with E-state index < -0.39 is 0 Å². The zero-order valence-electron chi connectivity index (χ0n) is 16.6. The molecule has 1 aromatic carbocycles. The van der Waals surface area contributed by atoms with Crippen LogP contribution in [0.3, 0.4) is 0 Å². The molecule has 1 aliphatic heterocycles. The van der Waals surface area contributed by atoms with E-state index in [1.165, 1.54) is 5.56 Å². The van der Waals surface area contributed by atoms with Gasteiger partial charge in [0.05, 0.1) is 12.3 Å². The number of pyridine rings is 1. The molecule has 6 heteroatoms. The van der Waals surface area contributed by atoms with Crippen molar-refractivity contribution >= 4 is 0 Å². The van der Waals surface area contributed by atoms with Crippen LogP contribution in [0.2, 0.25) is 0 Å². The van der Waals surface area contributed by atoms with Crippen LogP contribution in [0.15, 0.2) is 42.5 Å². The molecule has 0 amide bonds. The lowest BCUT2D eigenvalue weighted by Gasteiger charge is -2.41. The van der Waals surface area contributed by atoms with E-state index in [1.54, 1.807) is 0 Å². The van der Waals surface area contributed by atoms with Gasteiger partial charge in [-0.25, -0.2) is 0 Å². The van der Waals surface area contributed by atoms with E-state index in [0.717, 1.165) is 56.3 Å². The third-order valence-electron chi connectivity index (χ3n) is 5.13. The molecule has 0 aliphatic carbocycles. The number of piperazine rings is 1. The highest BCUT2D eigenvalue weighted by molar-refractivity contribution is 5.28. The van der Waals surface area contributed by atoms with E-state index in [-0.39, 0.29) is 13.2 Å². The molecule has 2 N–H and O–H groups in total. The fourth-order valence-corrected chi connectivity index (χ4v) is 3.78. The van der Waals surface area contributed by atoms with Crippen molar-refractivity contribution in [2.45, 2.75) is 32.5 Å². The minimum Gasteiger partial charge on any atom is -0.491 e. The van der Waals surface area contributed by atoms with Gasteiger partial charge in [0.1, 0.15) is 12.4 Å². The fraction of sp³-hybridized carbons (Fsp3) is 0.500. The number of aliphatic hydroxyl groups is 2. The fourth-order valence-electron chi connectivity index (χ4n) is 3.78. The second-order valence-corrected chi connectivity index (χ2v) is 7.36. The number of benzene rings is 1. The molecule has 1 atom stereocenters. The second kappa shape index (κ2) is 10.5. The number of nitrogens with zero attached hydrogens (tertiary/aromatic N) is 3. The van der Waals surface area contributed by atoms with Gasteiger partial charge in [-0.3, -0.25) is 14.8 Å². The van der Waals surface area contributed by atoms with Gasteiger partial charge in [0.25, 0.3) is 0 Å². The third-order valence-corrected chi connectivity index (χ3v) is 5.13. The van der Waals surface area contributed by atoms with Crippen molar-refractivity contribution in [2.75, 3.05) is 39.5 Å². The summed E-state index contributed by atoms with van der Waals surface area (Å²) in [6, 6.07) is 14.5. The number of ether oxygens (including phenoxy) is 1. The summed E-state index contributed by atoms with van der Waals surface area (Å²) in [6.45, 7) is 7.09. The topological polar surface area (TPSA) is 69.1 Å². The van der Waals surface area contributed by atoms with Gasteiger partial charge in [0.15, 0.2) is 0 Å². The van der Waals surface area contributed by atoms with Gasteiger partial charge in [0, 0.05) is 51.1 Å². The van der Waals surface area contributed by atoms with Crippen molar-refractivity contribution in [1.82, 2.24) is 14.8 Å². The molecule has 0 bridgehead atoms. The lowest BCUT2D eigenvalue weighted by atomic mass is 10.1. The first-order chi connectivity index (χ1) is 13.7. The predicted molar refractivity (Wildman–Crippen MR) is 109 cm³/mol. The van der Waals surface area contributed by atoms with Gasteiger partial charge in [-0.2, -0.15) is 0 Å². The van der Waals surface area contributed by atoms with Crippen LogP contribution in [-0.4, -0.2) is 70.5 Å². The monoisotopic (exact) mass is 385 g/mol. The Labute approximate surface area is 167 Å². The molecule has 28 heavy (non-hydrogen) atoms. The van der Waals surface area contributed by atoms with Gasteiger partial charge in [-0.15, -0.1) is 0 Å². The summed E-state index contributed by atoms with van der Waals surface area (Å²) >= 11 is 0. The predicted octanol–water partition coefficient (Wildman–Crippen LogP) is 1.83. The maximum Gasteiger partial charge on any atom is 0.119 e. The molecule has 6 nitrogen and oxygen atoms in total. The quantitative estimate of drug-likeness (QED) is 0.686. The zero-order valence-corrected chi connectivity index (χ0v) is 16.6. The van der Waals surface area contributed by atoms with E-state index in [2.05, 4.69) is 33.0 Å². The standard InChI is InChI=1S/C22H31N3O3/c1-18-4-2-6-20(23-18)16-25-10-9-24(17-21(25)8-11-26)15-19-5-3-7-22(14-19)28-13-12-27/h2-7,14,21,26-27H,8-13,15-17H2,1H3/t21-/m1/s1. The van der Waals surface area contributed by atoms with Crippen LogP contribution in [-0.2, 0) is 13.1 Å². The number of aryl methyl sites for hydroxylation is 1. The van der Waals surface area contributed by atoms with Crippen molar-refractivity contribution in [3.05, 3.63) is 59.4 Å². The molecule has 1 aromatic heterocycles. The van der Waals surface area contributed by atoms with Crippen LogP contribution in [0.5, 0.6) is 5.75 Å². The van der Waals surface area contributed by atoms with Gasteiger partial charge >= 0.3 is 0 Å². The molecule has 3 rings (SSSR count). The summed E-state index contributed by atoms with van der Waals surface area (Å²) in [5.74, 6) is 0.794. The smallest absolute Gasteiger partial charge is 0.119 e. The molecule has 0 radical (unpaired) electrons. The summed E-state index contributed by atoms with van der Waals surface area (Å²) in [4.78, 5) is 9.51. The first kappa shape index (κ1) is 20.7. The summed E-state index contributed by atoms with van der Waals surface area (Å²) in [5.41, 5.74) is 3.33. The second-order valence-electron chi connectivity index (χ2n) is 7.36. The van der Waals surface area contributed by atoms with Crippen LogP contribution < -0.4 is 4.74 Å². The molecule has 0 saturated carbocycles. The Balaban J connectivity index is 1.60. The average Bonchev–Trinajstić information content (AvgIpc) is 2.69. The van der Waals surface area contributed by atoms with Crippen LogP contribution >= 0.6 is 0 Å². The summed E-state index contributed by atoms with van der Waals surface area (Å²) < 4.78 is 5.52. The molecule has 152 valence electrons. The first-order valence-electron chi connectivity index (χ1n) is 10.0. The Morgan fingerprint density at radius 1 is 1.07 bits per heavy atom. The average molecular weight is 386 g/mol. The van der Waals surface area contributed by atoms with Gasteiger partial charge in [-0.05, 0) is 43.2 Å². The Hall–Kier alpha value is -1.99. The van der Waals surface area contributed by atoms with Crippen LogP contribution in [0.25, 0.3) is 0 Å². The molecule has 2 aromatic rings. The number of aromatic nitrogens is 1. The van der Waals surface area contributed by atoms with E-state index in [4.69, 9.17) is 9.84 Å². The highest BCUT2D eigenvalue weighted by Crippen LogP contribution is 2.20. The number of aliphatic hydroxyl groups excluding tert-OH is 2. The van der Waals surface area contributed by atoms with E-state index in [1.807, 2.05) is 31.2 Å². The first-order valence-corrected chi connectivity index (χ1v) is 10.0. The SMILES string of the molecule is Cc1cccc(CN2CCN(Cc3cccc(OCCO)c3)C[C@H]2CCO)n1. The van der Waals surface area contributed by atoms with Crippen molar-refractivity contribution in [3.63, 3.8) is 0 Å². The maximum absolute atomic E-state index is 9.54. The largest absolute Gasteiger partial charge is 0.491 e. The molecular weight excluding hydrogens is 354 g/mol. The van der Waals surface area contributed by atoms with Crippen molar-refractivity contribution < 1.29 is 14.9 Å². The van der Waals surface area contributed by atoms with Crippen molar-refractivity contribution in [2.24, 2.45) is 0 Å². The lowest BCUT2D eigenvalue weighted by molar-refractivity contribution is 0.0491. The Kier molecular flexibility index (Phi) is 7.80. The zero-order chi connectivity index (χ0) is 19.8. The number of hydrogen-bond acceptors (Lipinski definition) is 6. The highest BCUT2D eigenvalue weighted by Gasteiger charge is 2.27. The molecule has 1 fully saturated rings. The normalized spacial score (nSPS) is 18.3. The Morgan fingerprint density at radius 3 is 2.71 bits per heavy atom. The molecule has 0 spiro atoms. The third kappa shape index (κ3) is 6.01. The Bertz CT molecular complexity index is 740. The van der Waals surface area contributed by atoms with Gasteiger partial charge in [0.2, 0.25) is 0 Å². The molecular formula is C22H31N3O3. The van der Waals surface area contributed by atoms with Crippen molar-refractivity contribution in [3.8, 4) is 5.75 Å². The van der Waals surface area contributed by atoms with Gasteiger partial charge < -0.3 is 14.9 Å². The summed E-state index contributed by atoms with van der Waals surface area (Å²) in [6.07, 6.45) is 0.766.